The van der Waals surface area contributed by atoms with Crippen LogP contribution in [0.15, 0.2) is 24.3 Å². The molecule has 0 radical (unpaired) electrons. The second kappa shape index (κ2) is 9.01. The molecule has 0 unspecified atom stereocenters. The van der Waals surface area contributed by atoms with Crippen LogP contribution >= 0.6 is 0 Å². The molecule has 6 heteroatoms. The summed E-state index contributed by atoms with van der Waals surface area (Å²) >= 11 is 0. The van der Waals surface area contributed by atoms with Gasteiger partial charge in [-0.2, -0.15) is 0 Å². The van der Waals surface area contributed by atoms with Gasteiger partial charge in [0, 0.05) is 6.54 Å². The molecule has 0 atom stereocenters. The van der Waals surface area contributed by atoms with Crippen molar-refractivity contribution in [3.8, 4) is 5.75 Å². The van der Waals surface area contributed by atoms with Gasteiger partial charge in [0.05, 0.1) is 25.1 Å². The first-order valence-corrected chi connectivity index (χ1v) is 8.44. The van der Waals surface area contributed by atoms with Gasteiger partial charge in [0.15, 0.2) is 0 Å². The lowest BCUT2D eigenvalue weighted by Crippen LogP contribution is -2.14. The van der Waals surface area contributed by atoms with E-state index in [0.717, 1.165) is 25.1 Å². The average Bonchev–Trinajstić information content (AvgIpc) is 2.58. The van der Waals surface area contributed by atoms with Crippen LogP contribution in [0.25, 0.3) is 0 Å². The van der Waals surface area contributed by atoms with Gasteiger partial charge in [-0.15, -0.1) is 0 Å². The van der Waals surface area contributed by atoms with Gasteiger partial charge < -0.3 is 14.8 Å². The molecule has 2 aromatic rings. The van der Waals surface area contributed by atoms with E-state index in [1.165, 1.54) is 5.56 Å². The first kappa shape index (κ1) is 18.7. The first-order valence-electron chi connectivity index (χ1n) is 8.44. The lowest BCUT2D eigenvalue weighted by molar-refractivity contribution is 0.0523. The smallest absolute Gasteiger partial charge is 0.341 e. The zero-order valence-corrected chi connectivity index (χ0v) is 15.3. The zero-order chi connectivity index (χ0) is 18.2. The SMILES string of the molecule is CCOC(=O)c1c(C)nc(NCCCc2cccc(OC)c2)nc1C. The molecule has 0 aliphatic heterocycles. The molecular formula is C19H25N3O3. The van der Waals surface area contributed by atoms with Crippen LogP contribution in [0.1, 0.15) is 40.7 Å². The van der Waals surface area contributed by atoms with Crippen LogP contribution in [-0.2, 0) is 11.2 Å². The molecule has 0 saturated heterocycles. The Hall–Kier alpha value is -2.63. The lowest BCUT2D eigenvalue weighted by atomic mass is 10.1. The Balaban J connectivity index is 1.91. The molecule has 134 valence electrons. The van der Waals surface area contributed by atoms with Crippen LogP contribution in [-0.4, -0.2) is 36.2 Å². The van der Waals surface area contributed by atoms with E-state index in [1.807, 2.05) is 18.2 Å². The third kappa shape index (κ3) is 5.17. The number of ether oxygens (including phenoxy) is 2. The third-order valence-corrected chi connectivity index (χ3v) is 3.81. The number of hydrogen-bond donors (Lipinski definition) is 1. The van der Waals surface area contributed by atoms with Crippen LogP contribution < -0.4 is 10.1 Å². The number of hydrogen-bond acceptors (Lipinski definition) is 6. The minimum atomic E-state index is -0.373. The highest BCUT2D eigenvalue weighted by Gasteiger charge is 2.16. The molecule has 1 N–H and O–H groups in total. The second-order valence-electron chi connectivity index (χ2n) is 5.70. The Morgan fingerprint density at radius 3 is 2.56 bits per heavy atom. The van der Waals surface area contributed by atoms with Gasteiger partial charge in [-0.05, 0) is 51.3 Å². The van der Waals surface area contributed by atoms with Gasteiger partial charge in [0.1, 0.15) is 11.3 Å². The molecule has 25 heavy (non-hydrogen) atoms. The van der Waals surface area contributed by atoms with E-state index in [1.54, 1.807) is 27.9 Å². The number of carbonyl (C=O) groups excluding carboxylic acids is 1. The van der Waals surface area contributed by atoms with Crippen molar-refractivity contribution in [3.63, 3.8) is 0 Å². The molecule has 0 aliphatic carbocycles. The van der Waals surface area contributed by atoms with Crippen LogP contribution in [0.3, 0.4) is 0 Å². The summed E-state index contributed by atoms with van der Waals surface area (Å²) in [7, 11) is 1.67. The molecular weight excluding hydrogens is 318 g/mol. The van der Waals surface area contributed by atoms with Crippen molar-refractivity contribution in [2.24, 2.45) is 0 Å². The van der Waals surface area contributed by atoms with E-state index in [9.17, 15) is 4.79 Å². The van der Waals surface area contributed by atoms with Crippen molar-refractivity contribution in [1.82, 2.24) is 9.97 Å². The van der Waals surface area contributed by atoms with Gasteiger partial charge >= 0.3 is 5.97 Å². The Labute approximate surface area is 148 Å². The second-order valence-corrected chi connectivity index (χ2v) is 5.70. The van der Waals surface area contributed by atoms with Crippen molar-refractivity contribution in [2.45, 2.75) is 33.6 Å². The maximum absolute atomic E-state index is 11.9. The number of nitrogens with zero attached hydrogens (tertiary/aromatic N) is 2. The molecule has 0 saturated carbocycles. The summed E-state index contributed by atoms with van der Waals surface area (Å²) in [6, 6.07) is 8.05. The molecule has 0 bridgehead atoms. The van der Waals surface area contributed by atoms with Crippen molar-refractivity contribution < 1.29 is 14.3 Å². The zero-order valence-electron chi connectivity index (χ0n) is 15.3. The van der Waals surface area contributed by atoms with Crippen LogP contribution in [0.4, 0.5) is 5.95 Å². The maximum atomic E-state index is 11.9. The molecule has 2 rings (SSSR count). The number of benzene rings is 1. The topological polar surface area (TPSA) is 73.3 Å². The first-order chi connectivity index (χ1) is 12.0. The lowest BCUT2D eigenvalue weighted by Gasteiger charge is -2.11. The standard InChI is InChI=1S/C19H25N3O3/c1-5-25-18(23)17-13(2)21-19(22-14(17)3)20-11-7-9-15-8-6-10-16(12-15)24-4/h6,8,10,12H,5,7,9,11H2,1-4H3,(H,20,21,22). The van der Waals surface area contributed by atoms with Crippen molar-refractivity contribution in [3.05, 3.63) is 46.8 Å². The Bertz CT molecular complexity index is 709. The van der Waals surface area contributed by atoms with E-state index in [2.05, 4.69) is 21.4 Å². The summed E-state index contributed by atoms with van der Waals surface area (Å²) in [5.41, 5.74) is 2.93. The average molecular weight is 343 g/mol. The Morgan fingerprint density at radius 1 is 1.20 bits per heavy atom. The number of aryl methyl sites for hydroxylation is 3. The molecule has 6 nitrogen and oxygen atoms in total. The van der Waals surface area contributed by atoms with Crippen molar-refractivity contribution in [2.75, 3.05) is 25.6 Å². The fourth-order valence-electron chi connectivity index (χ4n) is 2.61. The van der Waals surface area contributed by atoms with Gasteiger partial charge in [0.2, 0.25) is 5.95 Å². The molecule has 0 spiro atoms. The number of methoxy groups -OCH3 is 1. The highest BCUT2D eigenvalue weighted by Crippen LogP contribution is 2.15. The number of nitrogens with one attached hydrogen (secondary N) is 1. The summed E-state index contributed by atoms with van der Waals surface area (Å²) < 4.78 is 10.3. The van der Waals surface area contributed by atoms with E-state index in [-0.39, 0.29) is 5.97 Å². The number of rotatable bonds is 8. The van der Waals surface area contributed by atoms with Crippen LogP contribution in [0.2, 0.25) is 0 Å². The van der Waals surface area contributed by atoms with Crippen molar-refractivity contribution in [1.29, 1.82) is 0 Å². The number of anilines is 1. The minimum Gasteiger partial charge on any atom is -0.497 e. The fraction of sp³-hybridized carbons (Fsp3) is 0.421. The molecule has 0 aliphatic rings. The van der Waals surface area contributed by atoms with E-state index in [0.29, 0.717) is 29.5 Å². The van der Waals surface area contributed by atoms with Gasteiger partial charge in [-0.1, -0.05) is 12.1 Å². The number of esters is 1. The summed E-state index contributed by atoms with van der Waals surface area (Å²) in [4.78, 5) is 20.7. The number of carbonyl (C=O) groups is 1. The van der Waals surface area contributed by atoms with E-state index < -0.39 is 0 Å². The molecule has 1 heterocycles. The summed E-state index contributed by atoms with van der Waals surface area (Å²) in [5, 5.41) is 3.22. The van der Waals surface area contributed by atoms with E-state index in [4.69, 9.17) is 9.47 Å². The largest absolute Gasteiger partial charge is 0.497 e. The Morgan fingerprint density at radius 2 is 1.92 bits per heavy atom. The fourth-order valence-corrected chi connectivity index (χ4v) is 2.61. The quantitative estimate of drug-likeness (QED) is 0.585. The van der Waals surface area contributed by atoms with Gasteiger partial charge in [0.25, 0.3) is 0 Å². The minimum absolute atomic E-state index is 0.335. The third-order valence-electron chi connectivity index (χ3n) is 3.81. The summed E-state index contributed by atoms with van der Waals surface area (Å²) in [5.74, 6) is 1.03. The predicted molar refractivity (Wildman–Crippen MR) is 97.3 cm³/mol. The highest BCUT2D eigenvalue weighted by molar-refractivity contribution is 5.91. The molecule has 0 fully saturated rings. The molecule has 1 aromatic carbocycles. The highest BCUT2D eigenvalue weighted by atomic mass is 16.5. The van der Waals surface area contributed by atoms with Crippen LogP contribution in [0.5, 0.6) is 5.75 Å². The normalized spacial score (nSPS) is 10.4. The summed E-state index contributed by atoms with van der Waals surface area (Å²) in [6.07, 6.45) is 1.87. The maximum Gasteiger partial charge on any atom is 0.341 e. The van der Waals surface area contributed by atoms with E-state index >= 15 is 0 Å². The van der Waals surface area contributed by atoms with Crippen molar-refractivity contribution >= 4 is 11.9 Å². The van der Waals surface area contributed by atoms with Gasteiger partial charge in [-0.3, -0.25) is 0 Å². The molecule has 0 amide bonds. The van der Waals surface area contributed by atoms with Gasteiger partial charge in [-0.25, -0.2) is 14.8 Å². The monoisotopic (exact) mass is 343 g/mol. The molecule has 1 aromatic heterocycles. The number of aromatic nitrogens is 2. The van der Waals surface area contributed by atoms with Crippen LogP contribution in [0, 0.1) is 13.8 Å². The predicted octanol–water partition coefficient (Wildman–Crippen LogP) is 3.32. The Kier molecular flexibility index (Phi) is 6.74. The summed E-state index contributed by atoms with van der Waals surface area (Å²) in [6.45, 7) is 6.45.